The molecule has 1 N–H and O–H groups in total. The number of amides is 1. The lowest BCUT2D eigenvalue weighted by atomic mass is 10.3. The number of carbonyl (C=O) groups excluding carboxylic acids is 1. The van der Waals surface area contributed by atoms with Crippen LogP contribution >= 0.6 is 33.9 Å². The van der Waals surface area contributed by atoms with Gasteiger partial charge in [0.2, 0.25) is 0 Å². The summed E-state index contributed by atoms with van der Waals surface area (Å²) in [6, 6.07) is 3.57. The highest BCUT2D eigenvalue weighted by atomic mass is 127. The molecule has 15 heavy (non-hydrogen) atoms. The summed E-state index contributed by atoms with van der Waals surface area (Å²) >= 11 is 3.73. The van der Waals surface area contributed by atoms with Gasteiger partial charge in [-0.2, -0.15) is 0 Å². The average molecular weight is 334 g/mol. The van der Waals surface area contributed by atoms with Crippen molar-refractivity contribution in [2.24, 2.45) is 0 Å². The van der Waals surface area contributed by atoms with Crippen LogP contribution in [0.4, 0.5) is 0 Å². The van der Waals surface area contributed by atoms with Gasteiger partial charge < -0.3 is 9.84 Å². The number of hydrogen-bond donors (Lipinski definition) is 1. The van der Waals surface area contributed by atoms with Gasteiger partial charge in [-0.25, -0.2) is 0 Å². The molecule has 0 saturated heterocycles. The monoisotopic (exact) mass is 334 g/mol. The van der Waals surface area contributed by atoms with E-state index in [9.17, 15) is 4.79 Å². The predicted octanol–water partition coefficient (Wildman–Crippen LogP) is 2.27. The minimum atomic E-state index is -0.0860. The number of carbonyl (C=O) groups is 1. The number of hydrogen-bond acceptors (Lipinski definition) is 4. The van der Waals surface area contributed by atoms with Crippen LogP contribution in [0.25, 0.3) is 0 Å². The van der Waals surface area contributed by atoms with Gasteiger partial charge >= 0.3 is 0 Å². The Bertz CT molecular complexity index is 452. The van der Waals surface area contributed by atoms with Crippen LogP contribution in [0.5, 0.6) is 0 Å². The molecular weight excluding hydrogens is 327 g/mol. The summed E-state index contributed by atoms with van der Waals surface area (Å²) in [6.45, 7) is 0.391. The molecular formula is C9H7IN2O2S. The molecule has 0 spiro atoms. The van der Waals surface area contributed by atoms with Gasteiger partial charge in [-0.3, -0.25) is 4.79 Å². The van der Waals surface area contributed by atoms with Crippen molar-refractivity contribution in [3.63, 3.8) is 0 Å². The second-order valence-corrected chi connectivity index (χ2v) is 5.62. The molecule has 0 radical (unpaired) electrons. The molecule has 0 atom stereocenters. The van der Waals surface area contributed by atoms with Crippen LogP contribution in [0.1, 0.15) is 16.1 Å². The lowest BCUT2D eigenvalue weighted by Crippen LogP contribution is -2.22. The molecule has 2 aromatic rings. The Kier molecular flexibility index (Phi) is 3.37. The average Bonchev–Trinajstić information content (AvgIpc) is 2.84. The van der Waals surface area contributed by atoms with Crippen LogP contribution in [0, 0.1) is 2.88 Å². The first kappa shape index (κ1) is 10.6. The van der Waals surface area contributed by atoms with Crippen LogP contribution in [0.15, 0.2) is 28.3 Å². The number of nitrogens with zero attached hydrogens (tertiary/aromatic N) is 1. The molecule has 2 rings (SSSR count). The highest BCUT2D eigenvalue weighted by Crippen LogP contribution is 2.16. The van der Waals surface area contributed by atoms with Gasteiger partial charge in [-0.1, -0.05) is 5.16 Å². The Morgan fingerprint density at radius 3 is 3.13 bits per heavy atom. The highest BCUT2D eigenvalue weighted by Gasteiger charge is 2.07. The van der Waals surface area contributed by atoms with Crippen LogP contribution < -0.4 is 5.32 Å². The Hall–Kier alpha value is -0.890. The minimum absolute atomic E-state index is 0.0860. The highest BCUT2D eigenvalue weighted by molar-refractivity contribution is 14.1. The molecule has 1 amide bonds. The Morgan fingerprint density at radius 1 is 1.67 bits per heavy atom. The minimum Gasteiger partial charge on any atom is -0.364 e. The number of nitrogens with one attached hydrogen (secondary N) is 1. The molecule has 0 saturated carbocycles. The molecule has 4 nitrogen and oxygen atoms in total. The van der Waals surface area contributed by atoms with E-state index in [1.807, 2.05) is 11.4 Å². The Balaban J connectivity index is 1.93. The molecule has 2 heterocycles. The molecule has 0 bridgehead atoms. The zero-order valence-electron chi connectivity index (χ0n) is 7.57. The zero-order chi connectivity index (χ0) is 10.7. The van der Waals surface area contributed by atoms with E-state index in [1.54, 1.807) is 17.4 Å². The second-order valence-electron chi connectivity index (χ2n) is 2.81. The zero-order valence-corrected chi connectivity index (χ0v) is 10.5. The third-order valence-electron chi connectivity index (χ3n) is 1.75. The number of rotatable bonds is 3. The van der Waals surface area contributed by atoms with Crippen LogP contribution in [0.3, 0.4) is 0 Å². The first-order chi connectivity index (χ1) is 7.25. The van der Waals surface area contributed by atoms with Crippen molar-refractivity contribution in [1.82, 2.24) is 10.5 Å². The van der Waals surface area contributed by atoms with Crippen molar-refractivity contribution in [3.05, 3.63) is 37.9 Å². The second kappa shape index (κ2) is 4.75. The summed E-state index contributed by atoms with van der Waals surface area (Å²) in [5.41, 5.74) is 1.40. The summed E-state index contributed by atoms with van der Waals surface area (Å²) in [7, 11) is 0. The van der Waals surface area contributed by atoms with E-state index in [0.717, 1.165) is 2.88 Å². The Morgan fingerprint density at radius 2 is 2.53 bits per heavy atom. The molecule has 0 aliphatic heterocycles. The maximum absolute atomic E-state index is 11.6. The van der Waals surface area contributed by atoms with Gasteiger partial charge in [0.25, 0.3) is 5.91 Å². The molecule has 0 unspecified atom stereocenters. The van der Waals surface area contributed by atoms with Crippen LogP contribution in [-0.2, 0) is 6.54 Å². The maximum Gasteiger partial charge on any atom is 0.252 e. The summed E-state index contributed by atoms with van der Waals surface area (Å²) in [4.78, 5) is 11.6. The van der Waals surface area contributed by atoms with E-state index < -0.39 is 0 Å². The number of thiophene rings is 1. The maximum atomic E-state index is 11.6. The number of aromatic nitrogens is 1. The van der Waals surface area contributed by atoms with Crippen molar-refractivity contribution in [3.8, 4) is 0 Å². The predicted molar refractivity (Wildman–Crippen MR) is 64.7 cm³/mol. The summed E-state index contributed by atoms with van der Waals surface area (Å²) in [5, 5.41) is 8.29. The van der Waals surface area contributed by atoms with Crippen molar-refractivity contribution in [2.75, 3.05) is 0 Å². The smallest absolute Gasteiger partial charge is 0.252 e. The van der Waals surface area contributed by atoms with E-state index in [2.05, 4.69) is 37.6 Å². The van der Waals surface area contributed by atoms with Crippen LogP contribution in [0.2, 0.25) is 0 Å². The lowest BCUT2D eigenvalue weighted by molar-refractivity contribution is 0.0950. The van der Waals surface area contributed by atoms with Gasteiger partial charge in [-0.05, 0) is 28.7 Å². The van der Waals surface area contributed by atoms with E-state index >= 15 is 0 Å². The fourth-order valence-corrected chi connectivity index (χ4v) is 2.36. The normalized spacial score (nSPS) is 10.2. The molecule has 6 heteroatoms. The van der Waals surface area contributed by atoms with E-state index in [4.69, 9.17) is 0 Å². The largest absolute Gasteiger partial charge is 0.364 e. The molecule has 0 fully saturated rings. The molecule has 0 aliphatic carbocycles. The third-order valence-corrected chi connectivity index (χ3v) is 3.54. The van der Waals surface area contributed by atoms with Gasteiger partial charge in [0.15, 0.2) is 0 Å². The Labute approximate surface area is 104 Å². The van der Waals surface area contributed by atoms with Crippen molar-refractivity contribution in [2.45, 2.75) is 6.54 Å². The SMILES string of the molecule is O=C(NCc1ccon1)c1csc(I)c1. The van der Waals surface area contributed by atoms with E-state index in [0.29, 0.717) is 17.8 Å². The molecule has 0 aromatic carbocycles. The van der Waals surface area contributed by atoms with Crippen molar-refractivity contribution < 1.29 is 9.32 Å². The summed E-state index contributed by atoms with van der Waals surface area (Å²) in [5.74, 6) is -0.0860. The van der Waals surface area contributed by atoms with Gasteiger partial charge in [0.1, 0.15) is 12.0 Å². The summed E-state index contributed by atoms with van der Waals surface area (Å²) < 4.78 is 5.75. The first-order valence-electron chi connectivity index (χ1n) is 4.17. The van der Waals surface area contributed by atoms with Crippen molar-refractivity contribution in [1.29, 1.82) is 0 Å². The van der Waals surface area contributed by atoms with Crippen LogP contribution in [-0.4, -0.2) is 11.1 Å². The molecule has 78 valence electrons. The van der Waals surface area contributed by atoms with E-state index in [1.165, 1.54) is 6.26 Å². The lowest BCUT2D eigenvalue weighted by Gasteiger charge is -1.99. The van der Waals surface area contributed by atoms with E-state index in [-0.39, 0.29) is 5.91 Å². The van der Waals surface area contributed by atoms with Gasteiger partial charge in [-0.15, -0.1) is 11.3 Å². The summed E-state index contributed by atoms with van der Waals surface area (Å²) in [6.07, 6.45) is 1.48. The van der Waals surface area contributed by atoms with Gasteiger partial charge in [0, 0.05) is 11.4 Å². The van der Waals surface area contributed by atoms with Gasteiger partial charge in [0.05, 0.1) is 15.0 Å². The third kappa shape index (κ3) is 2.78. The number of halogens is 1. The topological polar surface area (TPSA) is 55.1 Å². The fraction of sp³-hybridized carbons (Fsp3) is 0.111. The van der Waals surface area contributed by atoms with Crippen molar-refractivity contribution >= 4 is 39.8 Å². The molecule has 2 aromatic heterocycles. The molecule has 0 aliphatic rings. The fourth-order valence-electron chi connectivity index (χ4n) is 1.03. The quantitative estimate of drug-likeness (QED) is 0.876. The standard InChI is InChI=1S/C9H7IN2O2S/c10-8-3-6(5-15-8)9(13)11-4-7-1-2-14-12-7/h1-3,5H,4H2,(H,11,13). The first-order valence-corrected chi connectivity index (χ1v) is 6.13.